The fourth-order valence-corrected chi connectivity index (χ4v) is 4.51. The molecule has 1 aromatic heterocycles. The van der Waals surface area contributed by atoms with Crippen molar-refractivity contribution in [2.75, 3.05) is 0 Å². The lowest BCUT2D eigenvalue weighted by molar-refractivity contribution is -0.146. The molecule has 0 spiro atoms. The number of rotatable bonds is 4. The maximum atomic E-state index is 12.2. The monoisotopic (exact) mass is 326 g/mol. The van der Waals surface area contributed by atoms with Gasteiger partial charge in [-0.05, 0) is 55.6 Å². The molecule has 3 atom stereocenters. The molecule has 2 aromatic rings. The van der Waals surface area contributed by atoms with Crippen molar-refractivity contribution in [3.05, 3.63) is 45.8 Å². The normalized spacial score (nSPS) is 25.3. The molecule has 2 fully saturated rings. The van der Waals surface area contributed by atoms with Crippen LogP contribution >= 0.6 is 0 Å². The second-order valence-corrected chi connectivity index (χ2v) is 7.39. The molecule has 0 saturated heterocycles. The lowest BCUT2D eigenvalue weighted by Crippen LogP contribution is -2.17. The van der Waals surface area contributed by atoms with E-state index in [1.165, 1.54) is 31.7 Å². The lowest BCUT2D eigenvalue weighted by Gasteiger charge is -2.20. The molecule has 4 heteroatoms. The third kappa shape index (κ3) is 2.97. The maximum Gasteiger partial charge on any atom is 0.336 e. The number of ether oxygens (including phenoxy) is 1. The molecule has 2 saturated carbocycles. The number of aryl methyl sites for hydroxylation is 1. The third-order valence-corrected chi connectivity index (χ3v) is 5.69. The van der Waals surface area contributed by atoms with E-state index in [0.717, 1.165) is 22.8 Å². The summed E-state index contributed by atoms with van der Waals surface area (Å²) in [5.74, 6) is 1.89. The quantitative estimate of drug-likeness (QED) is 0.630. The molecule has 2 aliphatic rings. The summed E-state index contributed by atoms with van der Waals surface area (Å²) in [4.78, 5) is 23.9. The number of fused-ring (bicyclic) bond motifs is 3. The minimum absolute atomic E-state index is 0.130. The molecule has 0 N–H and O–H groups in total. The summed E-state index contributed by atoms with van der Waals surface area (Å²) >= 11 is 0. The fourth-order valence-electron chi connectivity index (χ4n) is 4.51. The van der Waals surface area contributed by atoms with Crippen LogP contribution in [0.2, 0.25) is 0 Å². The highest BCUT2D eigenvalue weighted by Crippen LogP contribution is 2.49. The number of hydrogen-bond acceptors (Lipinski definition) is 4. The lowest BCUT2D eigenvalue weighted by atomic mass is 9.86. The van der Waals surface area contributed by atoms with E-state index in [9.17, 15) is 9.59 Å². The van der Waals surface area contributed by atoms with Crippen molar-refractivity contribution in [1.82, 2.24) is 0 Å². The van der Waals surface area contributed by atoms with E-state index in [1.54, 1.807) is 0 Å². The van der Waals surface area contributed by atoms with Crippen LogP contribution in [0.5, 0.6) is 0 Å². The van der Waals surface area contributed by atoms with Crippen molar-refractivity contribution >= 4 is 16.9 Å². The summed E-state index contributed by atoms with van der Waals surface area (Å²) in [7, 11) is 0. The summed E-state index contributed by atoms with van der Waals surface area (Å²) in [5.41, 5.74) is 1.87. The topological polar surface area (TPSA) is 56.5 Å². The van der Waals surface area contributed by atoms with E-state index < -0.39 is 5.63 Å². The predicted octanol–water partition coefficient (Wildman–Crippen LogP) is 3.97. The highest BCUT2D eigenvalue weighted by Gasteiger charge is 2.40. The van der Waals surface area contributed by atoms with Gasteiger partial charge in [-0.25, -0.2) is 4.79 Å². The van der Waals surface area contributed by atoms with E-state index in [2.05, 4.69) is 0 Å². The Morgan fingerprint density at radius 3 is 2.88 bits per heavy atom. The van der Waals surface area contributed by atoms with Crippen LogP contribution in [0.25, 0.3) is 11.0 Å². The molecule has 0 unspecified atom stereocenters. The highest BCUT2D eigenvalue weighted by atomic mass is 16.5. The van der Waals surface area contributed by atoms with Crippen molar-refractivity contribution in [1.29, 1.82) is 0 Å². The molecule has 126 valence electrons. The minimum atomic E-state index is -0.410. The van der Waals surface area contributed by atoms with Crippen LogP contribution in [0.3, 0.4) is 0 Å². The number of carbonyl (C=O) groups is 1. The molecule has 2 bridgehead atoms. The molecular formula is C20H22O4. The Bertz CT molecular complexity index is 835. The van der Waals surface area contributed by atoms with Crippen LogP contribution in [0.4, 0.5) is 0 Å². The minimum Gasteiger partial charge on any atom is -0.461 e. The smallest absolute Gasteiger partial charge is 0.336 e. The van der Waals surface area contributed by atoms with Gasteiger partial charge in [0.1, 0.15) is 12.2 Å². The van der Waals surface area contributed by atoms with Crippen LogP contribution in [-0.4, -0.2) is 5.97 Å². The molecular weight excluding hydrogens is 304 g/mol. The summed E-state index contributed by atoms with van der Waals surface area (Å²) in [6, 6.07) is 7.12. The van der Waals surface area contributed by atoms with Gasteiger partial charge in [0.05, 0.1) is 0 Å². The van der Waals surface area contributed by atoms with Gasteiger partial charge in [0, 0.05) is 23.4 Å². The summed E-state index contributed by atoms with van der Waals surface area (Å²) in [5, 5.41) is 0.827. The largest absolute Gasteiger partial charge is 0.461 e. The molecule has 4 rings (SSSR count). The summed E-state index contributed by atoms with van der Waals surface area (Å²) < 4.78 is 10.7. The van der Waals surface area contributed by atoms with Crippen molar-refractivity contribution in [3.8, 4) is 0 Å². The number of benzene rings is 1. The molecule has 0 aliphatic heterocycles. The molecule has 2 aliphatic carbocycles. The Morgan fingerprint density at radius 1 is 1.25 bits per heavy atom. The first kappa shape index (κ1) is 15.4. The second kappa shape index (κ2) is 6.08. The average molecular weight is 326 g/mol. The van der Waals surface area contributed by atoms with Crippen molar-refractivity contribution in [3.63, 3.8) is 0 Å². The molecule has 0 amide bonds. The third-order valence-electron chi connectivity index (χ3n) is 5.69. The van der Waals surface area contributed by atoms with Gasteiger partial charge in [-0.3, -0.25) is 4.79 Å². The first-order valence-corrected chi connectivity index (χ1v) is 8.77. The van der Waals surface area contributed by atoms with Crippen LogP contribution < -0.4 is 5.63 Å². The van der Waals surface area contributed by atoms with Gasteiger partial charge < -0.3 is 9.15 Å². The first-order valence-electron chi connectivity index (χ1n) is 8.77. The van der Waals surface area contributed by atoms with Gasteiger partial charge in [0.25, 0.3) is 0 Å². The highest BCUT2D eigenvalue weighted by molar-refractivity contribution is 5.81. The van der Waals surface area contributed by atoms with Crippen molar-refractivity contribution in [2.45, 2.75) is 45.6 Å². The Hall–Kier alpha value is -2.10. The van der Waals surface area contributed by atoms with Gasteiger partial charge in [0.15, 0.2) is 0 Å². The molecule has 0 radical (unpaired) electrons. The molecule has 1 heterocycles. The second-order valence-electron chi connectivity index (χ2n) is 7.39. The fraction of sp³-hybridized carbons (Fsp3) is 0.500. The average Bonchev–Trinajstić information content (AvgIpc) is 3.14. The van der Waals surface area contributed by atoms with Gasteiger partial charge in [-0.1, -0.05) is 18.6 Å². The van der Waals surface area contributed by atoms with E-state index in [1.807, 2.05) is 25.1 Å². The molecule has 4 nitrogen and oxygen atoms in total. The van der Waals surface area contributed by atoms with Gasteiger partial charge in [0.2, 0.25) is 0 Å². The van der Waals surface area contributed by atoms with Crippen LogP contribution in [0.1, 0.15) is 43.2 Å². The predicted molar refractivity (Wildman–Crippen MR) is 90.6 cm³/mol. The maximum absolute atomic E-state index is 12.2. The number of esters is 1. The van der Waals surface area contributed by atoms with E-state index >= 15 is 0 Å². The standard InChI is InChI=1S/C20H22O4/c1-12-2-5-17-16(10-20(22)24-18(17)6-12)11-23-19(21)9-15-8-13-3-4-14(15)7-13/h2,5-6,10,13-15H,3-4,7-9,11H2,1H3/t13-,14+,15-/m0/s1. The zero-order valence-electron chi connectivity index (χ0n) is 13.9. The van der Waals surface area contributed by atoms with Crippen molar-refractivity contribution in [2.24, 2.45) is 17.8 Å². The van der Waals surface area contributed by atoms with Crippen LogP contribution in [0, 0.1) is 24.7 Å². The zero-order valence-corrected chi connectivity index (χ0v) is 13.9. The van der Waals surface area contributed by atoms with E-state index in [4.69, 9.17) is 9.15 Å². The zero-order chi connectivity index (χ0) is 16.7. The number of hydrogen-bond donors (Lipinski definition) is 0. The van der Waals surface area contributed by atoms with Gasteiger partial charge >= 0.3 is 11.6 Å². The Labute approximate surface area is 140 Å². The van der Waals surface area contributed by atoms with Gasteiger partial charge in [-0.15, -0.1) is 0 Å². The summed E-state index contributed by atoms with van der Waals surface area (Å²) in [6.45, 7) is 2.08. The first-order chi connectivity index (χ1) is 11.6. The summed E-state index contributed by atoms with van der Waals surface area (Å²) in [6.07, 6.45) is 5.59. The van der Waals surface area contributed by atoms with Crippen LogP contribution in [0.15, 0.2) is 33.5 Å². The SMILES string of the molecule is Cc1ccc2c(COC(=O)C[C@@H]3C[C@H]4CC[C@@H]3C4)cc(=O)oc2c1. The molecule has 24 heavy (non-hydrogen) atoms. The van der Waals surface area contributed by atoms with Crippen LogP contribution in [-0.2, 0) is 16.1 Å². The number of carbonyl (C=O) groups excluding carboxylic acids is 1. The Balaban J connectivity index is 1.44. The van der Waals surface area contributed by atoms with E-state index in [0.29, 0.717) is 23.5 Å². The van der Waals surface area contributed by atoms with E-state index in [-0.39, 0.29) is 12.6 Å². The Morgan fingerprint density at radius 2 is 2.12 bits per heavy atom. The Kier molecular flexibility index (Phi) is 3.91. The molecule has 1 aromatic carbocycles. The van der Waals surface area contributed by atoms with Gasteiger partial charge in [-0.2, -0.15) is 0 Å². The van der Waals surface area contributed by atoms with Crippen molar-refractivity contribution < 1.29 is 13.9 Å².